The zero-order chi connectivity index (χ0) is 16.2. The maximum absolute atomic E-state index is 12.2. The van der Waals surface area contributed by atoms with Crippen molar-refractivity contribution >= 4 is 35.3 Å². The molecule has 1 fully saturated rings. The van der Waals surface area contributed by atoms with E-state index in [9.17, 15) is 14.9 Å². The Balaban J connectivity index is 0.00000208. The van der Waals surface area contributed by atoms with Gasteiger partial charge in [-0.2, -0.15) is 0 Å². The Hall–Kier alpha value is -2.03. The number of nitro benzene ring substituents is 1. The van der Waals surface area contributed by atoms with Gasteiger partial charge in [0, 0.05) is 29.1 Å². The predicted octanol–water partition coefficient (Wildman–Crippen LogP) is 2.62. The van der Waals surface area contributed by atoms with Crippen LogP contribution in [0, 0.1) is 10.1 Å². The smallest absolute Gasteiger partial charge is 0.270 e. The SMILES string of the molecule is Cl.O=C(NC1CCNCC1)c1csc(-c2cccc([N+](=O)[O-])c2)n1. The molecule has 2 aromatic rings. The van der Waals surface area contributed by atoms with Crippen molar-refractivity contribution in [3.05, 3.63) is 45.5 Å². The number of rotatable bonds is 4. The predicted molar refractivity (Wildman–Crippen MR) is 94.8 cm³/mol. The molecule has 2 N–H and O–H groups in total. The van der Waals surface area contributed by atoms with Gasteiger partial charge in [-0.3, -0.25) is 14.9 Å². The lowest BCUT2D eigenvalue weighted by atomic mass is 10.1. The van der Waals surface area contributed by atoms with Gasteiger partial charge < -0.3 is 10.6 Å². The first-order valence-electron chi connectivity index (χ1n) is 7.35. The Morgan fingerprint density at radius 2 is 2.12 bits per heavy atom. The Labute approximate surface area is 149 Å². The van der Waals surface area contributed by atoms with Gasteiger partial charge in [-0.1, -0.05) is 12.1 Å². The van der Waals surface area contributed by atoms with E-state index in [1.165, 1.54) is 23.5 Å². The fourth-order valence-electron chi connectivity index (χ4n) is 2.49. The van der Waals surface area contributed by atoms with Crippen LogP contribution in [0.15, 0.2) is 29.6 Å². The van der Waals surface area contributed by atoms with Gasteiger partial charge in [0.2, 0.25) is 0 Å². The van der Waals surface area contributed by atoms with Gasteiger partial charge in [-0.25, -0.2) is 4.98 Å². The van der Waals surface area contributed by atoms with E-state index in [1.54, 1.807) is 17.5 Å². The molecule has 0 unspecified atom stereocenters. The lowest BCUT2D eigenvalue weighted by Gasteiger charge is -2.23. The van der Waals surface area contributed by atoms with Crippen molar-refractivity contribution < 1.29 is 9.72 Å². The molecule has 1 saturated heterocycles. The summed E-state index contributed by atoms with van der Waals surface area (Å²) >= 11 is 1.31. The summed E-state index contributed by atoms with van der Waals surface area (Å²) in [7, 11) is 0. The molecule has 1 aliphatic heterocycles. The highest BCUT2D eigenvalue weighted by Crippen LogP contribution is 2.26. The second-order valence-corrected chi connectivity index (χ2v) is 6.20. The van der Waals surface area contributed by atoms with E-state index in [0.29, 0.717) is 16.3 Å². The number of hydrogen-bond acceptors (Lipinski definition) is 6. The lowest BCUT2D eigenvalue weighted by Crippen LogP contribution is -2.42. The van der Waals surface area contributed by atoms with E-state index < -0.39 is 4.92 Å². The third kappa shape index (κ3) is 4.28. The number of nitro groups is 1. The number of aromatic nitrogens is 1. The molecule has 0 bridgehead atoms. The van der Waals surface area contributed by atoms with Crippen LogP contribution in [0.25, 0.3) is 10.6 Å². The van der Waals surface area contributed by atoms with Crippen LogP contribution in [0.4, 0.5) is 5.69 Å². The van der Waals surface area contributed by atoms with Crippen LogP contribution >= 0.6 is 23.7 Å². The standard InChI is InChI=1S/C15H16N4O3S.ClH/c20-14(17-11-4-6-16-7-5-11)13-9-23-15(18-13)10-2-1-3-12(8-10)19(21)22;/h1-3,8-9,11,16H,4-7H2,(H,17,20);1H. The fraction of sp³-hybridized carbons (Fsp3) is 0.333. The number of thiazole rings is 1. The number of nitrogens with zero attached hydrogens (tertiary/aromatic N) is 2. The van der Waals surface area contributed by atoms with Crippen molar-refractivity contribution in [1.82, 2.24) is 15.6 Å². The summed E-state index contributed by atoms with van der Waals surface area (Å²) in [5.41, 5.74) is 1.01. The highest BCUT2D eigenvalue weighted by atomic mass is 35.5. The summed E-state index contributed by atoms with van der Waals surface area (Å²) in [6.07, 6.45) is 1.82. The van der Waals surface area contributed by atoms with Crippen LogP contribution in [0.1, 0.15) is 23.3 Å². The molecule has 1 amide bonds. The maximum Gasteiger partial charge on any atom is 0.270 e. The number of carbonyl (C=O) groups is 1. The van der Waals surface area contributed by atoms with Crippen molar-refractivity contribution in [3.8, 4) is 10.6 Å². The molecule has 128 valence electrons. The van der Waals surface area contributed by atoms with Crippen LogP contribution in [-0.4, -0.2) is 34.9 Å². The highest BCUT2D eigenvalue weighted by Gasteiger charge is 2.19. The van der Waals surface area contributed by atoms with Crippen LogP contribution in [0.2, 0.25) is 0 Å². The number of non-ortho nitro benzene ring substituents is 1. The molecule has 3 rings (SSSR count). The summed E-state index contributed by atoms with van der Waals surface area (Å²) in [5.74, 6) is -0.190. The number of nitrogens with one attached hydrogen (secondary N) is 2. The Morgan fingerprint density at radius 3 is 2.83 bits per heavy atom. The Kier molecular flexibility index (Phi) is 6.24. The third-order valence-corrected chi connectivity index (χ3v) is 4.61. The summed E-state index contributed by atoms with van der Waals surface area (Å²) in [5, 5.41) is 19.4. The molecule has 1 aromatic carbocycles. The van der Waals surface area contributed by atoms with E-state index in [4.69, 9.17) is 0 Å². The van der Waals surface area contributed by atoms with E-state index in [2.05, 4.69) is 15.6 Å². The van der Waals surface area contributed by atoms with Crippen molar-refractivity contribution in [2.45, 2.75) is 18.9 Å². The minimum absolute atomic E-state index is 0. The minimum Gasteiger partial charge on any atom is -0.348 e. The summed E-state index contributed by atoms with van der Waals surface area (Å²) in [4.78, 5) is 26.9. The molecular weight excluding hydrogens is 352 g/mol. The van der Waals surface area contributed by atoms with Gasteiger partial charge in [0.15, 0.2) is 0 Å². The molecule has 0 aliphatic carbocycles. The summed E-state index contributed by atoms with van der Waals surface area (Å²) < 4.78 is 0. The highest BCUT2D eigenvalue weighted by molar-refractivity contribution is 7.13. The number of carbonyl (C=O) groups excluding carboxylic acids is 1. The van der Waals surface area contributed by atoms with Gasteiger partial charge in [-0.05, 0) is 25.9 Å². The van der Waals surface area contributed by atoms with Gasteiger partial charge in [0.05, 0.1) is 4.92 Å². The van der Waals surface area contributed by atoms with E-state index in [1.807, 2.05) is 0 Å². The van der Waals surface area contributed by atoms with Crippen molar-refractivity contribution in [1.29, 1.82) is 0 Å². The lowest BCUT2D eigenvalue weighted by molar-refractivity contribution is -0.384. The molecule has 0 saturated carbocycles. The van der Waals surface area contributed by atoms with Crippen LogP contribution in [-0.2, 0) is 0 Å². The molecule has 1 aromatic heterocycles. The molecule has 9 heteroatoms. The summed E-state index contributed by atoms with van der Waals surface area (Å²) in [6, 6.07) is 6.44. The molecule has 0 spiro atoms. The first-order chi connectivity index (χ1) is 11.1. The third-order valence-electron chi connectivity index (χ3n) is 3.72. The minimum atomic E-state index is -0.443. The zero-order valence-corrected chi connectivity index (χ0v) is 14.4. The van der Waals surface area contributed by atoms with Gasteiger partial charge in [-0.15, -0.1) is 23.7 Å². The molecular formula is C15H17ClN4O3S. The fourth-order valence-corrected chi connectivity index (χ4v) is 3.29. The normalized spacial score (nSPS) is 14.7. The number of piperidine rings is 1. The summed E-state index contributed by atoms with van der Waals surface area (Å²) in [6.45, 7) is 1.81. The van der Waals surface area contributed by atoms with Gasteiger partial charge in [0.25, 0.3) is 11.6 Å². The van der Waals surface area contributed by atoms with Crippen molar-refractivity contribution in [2.24, 2.45) is 0 Å². The molecule has 7 nitrogen and oxygen atoms in total. The average Bonchev–Trinajstić information content (AvgIpc) is 3.06. The molecule has 24 heavy (non-hydrogen) atoms. The van der Waals surface area contributed by atoms with E-state index in [-0.39, 0.29) is 30.0 Å². The molecule has 0 radical (unpaired) electrons. The Bertz CT molecular complexity index is 731. The molecule has 0 atom stereocenters. The monoisotopic (exact) mass is 368 g/mol. The molecule has 1 aliphatic rings. The van der Waals surface area contributed by atoms with Crippen molar-refractivity contribution in [2.75, 3.05) is 13.1 Å². The first kappa shape index (κ1) is 18.3. The van der Waals surface area contributed by atoms with Crippen LogP contribution in [0.5, 0.6) is 0 Å². The topological polar surface area (TPSA) is 97.2 Å². The second kappa shape index (κ2) is 8.18. The van der Waals surface area contributed by atoms with Crippen molar-refractivity contribution in [3.63, 3.8) is 0 Å². The van der Waals surface area contributed by atoms with Crippen LogP contribution < -0.4 is 10.6 Å². The maximum atomic E-state index is 12.2. The van der Waals surface area contributed by atoms with E-state index in [0.717, 1.165) is 25.9 Å². The van der Waals surface area contributed by atoms with Gasteiger partial charge in [0.1, 0.15) is 10.7 Å². The quantitative estimate of drug-likeness (QED) is 0.638. The largest absolute Gasteiger partial charge is 0.348 e. The Morgan fingerprint density at radius 1 is 1.38 bits per heavy atom. The first-order valence-corrected chi connectivity index (χ1v) is 8.23. The van der Waals surface area contributed by atoms with E-state index >= 15 is 0 Å². The molecule has 2 heterocycles. The number of benzene rings is 1. The van der Waals surface area contributed by atoms with Crippen LogP contribution in [0.3, 0.4) is 0 Å². The van der Waals surface area contributed by atoms with Gasteiger partial charge >= 0.3 is 0 Å². The number of hydrogen-bond donors (Lipinski definition) is 2. The zero-order valence-electron chi connectivity index (χ0n) is 12.7. The second-order valence-electron chi connectivity index (χ2n) is 5.34. The average molecular weight is 369 g/mol. The number of halogens is 1. The number of amides is 1.